The Morgan fingerprint density at radius 1 is 0.944 bits per heavy atom. The second-order valence-electron chi connectivity index (χ2n) is 8.12. The highest BCUT2D eigenvalue weighted by molar-refractivity contribution is 6.32. The molecule has 4 rings (SSSR count). The number of nitrogens with zero attached hydrogens (tertiary/aromatic N) is 1. The molecular formula is C27H27ClN2O6. The minimum absolute atomic E-state index is 0.0260. The van der Waals surface area contributed by atoms with E-state index in [1.807, 2.05) is 54.6 Å². The number of hydrogen-bond acceptors (Lipinski definition) is 6. The van der Waals surface area contributed by atoms with Crippen molar-refractivity contribution in [2.45, 2.75) is 19.1 Å². The highest BCUT2D eigenvalue weighted by Gasteiger charge is 2.39. The standard InChI is InChI=1S/C27H27ClN2O6/c1-33-16-35-23-13-24(36-17-34-2)22(28)12-21(23)27(32)30-15-19-10-6-7-11-20(19)25(30)26(31)29-14-18-8-4-3-5-9-18/h3-13,25H,14-17H2,1-2H3,(H,29,31). The Kier molecular flexibility index (Phi) is 8.43. The monoisotopic (exact) mass is 510 g/mol. The Hall–Kier alpha value is -3.59. The largest absolute Gasteiger partial charge is 0.467 e. The summed E-state index contributed by atoms with van der Waals surface area (Å²) in [6, 6.07) is 19.3. The number of halogens is 1. The molecule has 0 radical (unpaired) electrons. The number of fused-ring (bicyclic) bond motifs is 1. The molecule has 1 N–H and O–H groups in total. The smallest absolute Gasteiger partial charge is 0.258 e. The van der Waals surface area contributed by atoms with Crippen LogP contribution < -0.4 is 14.8 Å². The van der Waals surface area contributed by atoms with Gasteiger partial charge in [0.2, 0.25) is 5.91 Å². The molecule has 3 aromatic rings. The van der Waals surface area contributed by atoms with Gasteiger partial charge in [-0.3, -0.25) is 9.59 Å². The van der Waals surface area contributed by atoms with E-state index in [0.29, 0.717) is 12.3 Å². The topological polar surface area (TPSA) is 86.3 Å². The summed E-state index contributed by atoms with van der Waals surface area (Å²) < 4.78 is 21.1. The lowest BCUT2D eigenvalue weighted by Gasteiger charge is -2.26. The van der Waals surface area contributed by atoms with E-state index < -0.39 is 11.9 Å². The molecule has 9 heteroatoms. The van der Waals surface area contributed by atoms with Gasteiger partial charge in [0.15, 0.2) is 13.6 Å². The summed E-state index contributed by atoms with van der Waals surface area (Å²) in [5.74, 6) is -0.167. The van der Waals surface area contributed by atoms with Crippen molar-refractivity contribution in [1.29, 1.82) is 0 Å². The fourth-order valence-corrected chi connectivity index (χ4v) is 4.29. The molecule has 1 aliphatic rings. The van der Waals surface area contributed by atoms with Crippen LogP contribution in [-0.4, -0.2) is 44.5 Å². The second-order valence-corrected chi connectivity index (χ2v) is 8.53. The highest BCUT2D eigenvalue weighted by Crippen LogP contribution is 2.39. The normalized spacial score (nSPS) is 14.3. The van der Waals surface area contributed by atoms with Crippen LogP contribution in [0.5, 0.6) is 11.5 Å². The molecule has 0 spiro atoms. The van der Waals surface area contributed by atoms with E-state index in [1.54, 1.807) is 0 Å². The van der Waals surface area contributed by atoms with Gasteiger partial charge in [0.25, 0.3) is 5.91 Å². The van der Waals surface area contributed by atoms with Gasteiger partial charge in [-0.15, -0.1) is 0 Å². The van der Waals surface area contributed by atoms with Crippen LogP contribution >= 0.6 is 11.6 Å². The molecule has 3 aromatic carbocycles. The van der Waals surface area contributed by atoms with Crippen molar-refractivity contribution in [3.8, 4) is 11.5 Å². The van der Waals surface area contributed by atoms with Crippen molar-refractivity contribution in [2.24, 2.45) is 0 Å². The number of hydrogen-bond donors (Lipinski definition) is 1. The van der Waals surface area contributed by atoms with E-state index in [4.69, 9.17) is 30.5 Å². The second kappa shape index (κ2) is 11.9. The van der Waals surface area contributed by atoms with Crippen LogP contribution in [0.3, 0.4) is 0 Å². The first-order chi connectivity index (χ1) is 17.5. The summed E-state index contributed by atoms with van der Waals surface area (Å²) in [6.45, 7) is 0.496. The lowest BCUT2D eigenvalue weighted by Crippen LogP contribution is -2.39. The third-order valence-corrected chi connectivity index (χ3v) is 6.05. The summed E-state index contributed by atoms with van der Waals surface area (Å²) in [6.07, 6.45) is 0. The minimum atomic E-state index is -0.809. The van der Waals surface area contributed by atoms with E-state index in [0.717, 1.165) is 16.7 Å². The molecule has 188 valence electrons. The number of ether oxygens (including phenoxy) is 4. The molecule has 36 heavy (non-hydrogen) atoms. The summed E-state index contributed by atoms with van der Waals surface area (Å²) in [5.41, 5.74) is 2.83. The zero-order chi connectivity index (χ0) is 25.5. The highest BCUT2D eigenvalue weighted by atomic mass is 35.5. The number of amides is 2. The molecule has 1 aliphatic heterocycles. The van der Waals surface area contributed by atoms with Gasteiger partial charge in [0.1, 0.15) is 17.5 Å². The molecule has 0 bridgehead atoms. The van der Waals surface area contributed by atoms with Crippen molar-refractivity contribution in [2.75, 3.05) is 27.8 Å². The lowest BCUT2D eigenvalue weighted by atomic mass is 10.0. The van der Waals surface area contributed by atoms with Crippen molar-refractivity contribution in [3.05, 3.63) is 94.0 Å². The Morgan fingerprint density at radius 3 is 2.33 bits per heavy atom. The molecule has 2 amide bonds. The lowest BCUT2D eigenvalue weighted by molar-refractivity contribution is -0.125. The van der Waals surface area contributed by atoms with Gasteiger partial charge in [-0.1, -0.05) is 66.2 Å². The zero-order valence-electron chi connectivity index (χ0n) is 20.0. The van der Waals surface area contributed by atoms with Gasteiger partial charge in [0, 0.05) is 33.4 Å². The first-order valence-corrected chi connectivity index (χ1v) is 11.7. The van der Waals surface area contributed by atoms with Gasteiger partial charge in [-0.2, -0.15) is 0 Å². The molecule has 1 heterocycles. The van der Waals surface area contributed by atoms with Gasteiger partial charge in [-0.05, 0) is 22.8 Å². The van der Waals surface area contributed by atoms with E-state index in [9.17, 15) is 9.59 Å². The third kappa shape index (κ3) is 5.62. The Labute approximate surface area is 214 Å². The van der Waals surface area contributed by atoms with Crippen LogP contribution in [0.1, 0.15) is 33.1 Å². The van der Waals surface area contributed by atoms with Crippen LogP contribution in [0, 0.1) is 0 Å². The van der Waals surface area contributed by atoms with Crippen LogP contribution in [0.15, 0.2) is 66.7 Å². The van der Waals surface area contributed by atoms with E-state index >= 15 is 0 Å². The predicted octanol–water partition coefficient (Wildman–Crippen LogP) is 4.32. The maximum Gasteiger partial charge on any atom is 0.258 e. The van der Waals surface area contributed by atoms with Crippen LogP contribution in [0.4, 0.5) is 0 Å². The third-order valence-electron chi connectivity index (χ3n) is 5.75. The minimum Gasteiger partial charge on any atom is -0.467 e. The number of carbonyl (C=O) groups excluding carboxylic acids is 2. The quantitative estimate of drug-likeness (QED) is 0.409. The summed E-state index contributed by atoms with van der Waals surface area (Å²) in [7, 11) is 2.96. The molecule has 1 atom stereocenters. The Balaban J connectivity index is 1.65. The van der Waals surface area contributed by atoms with Gasteiger partial charge < -0.3 is 29.2 Å². The number of rotatable bonds is 10. The number of benzene rings is 3. The number of carbonyl (C=O) groups is 2. The maximum absolute atomic E-state index is 13.9. The van der Waals surface area contributed by atoms with Crippen LogP contribution in [0.2, 0.25) is 5.02 Å². The summed E-state index contributed by atoms with van der Waals surface area (Å²) in [4.78, 5) is 28.8. The number of nitrogens with one attached hydrogen (secondary N) is 1. The molecule has 1 unspecified atom stereocenters. The fraction of sp³-hybridized carbons (Fsp3) is 0.259. The SMILES string of the molecule is COCOc1cc(OCOC)c(C(=O)N2Cc3ccccc3C2C(=O)NCc2ccccc2)cc1Cl. The molecule has 8 nitrogen and oxygen atoms in total. The molecular weight excluding hydrogens is 484 g/mol. The van der Waals surface area contributed by atoms with Gasteiger partial charge >= 0.3 is 0 Å². The molecule has 0 aliphatic carbocycles. The van der Waals surface area contributed by atoms with Crippen molar-refractivity contribution in [3.63, 3.8) is 0 Å². The van der Waals surface area contributed by atoms with Gasteiger partial charge in [0.05, 0.1) is 10.6 Å². The predicted molar refractivity (Wildman–Crippen MR) is 134 cm³/mol. The zero-order valence-corrected chi connectivity index (χ0v) is 20.8. The van der Waals surface area contributed by atoms with Crippen molar-refractivity contribution < 1.29 is 28.5 Å². The van der Waals surface area contributed by atoms with Crippen LogP contribution in [-0.2, 0) is 27.4 Å². The fourth-order valence-electron chi connectivity index (χ4n) is 4.07. The average Bonchev–Trinajstić information content (AvgIpc) is 3.30. The Morgan fingerprint density at radius 2 is 1.61 bits per heavy atom. The van der Waals surface area contributed by atoms with E-state index in [2.05, 4.69) is 5.32 Å². The van der Waals surface area contributed by atoms with Crippen molar-refractivity contribution >= 4 is 23.4 Å². The van der Waals surface area contributed by atoms with E-state index in [-0.39, 0.29) is 42.4 Å². The van der Waals surface area contributed by atoms with E-state index in [1.165, 1.54) is 31.3 Å². The Bertz CT molecular complexity index is 1220. The van der Waals surface area contributed by atoms with Crippen molar-refractivity contribution in [1.82, 2.24) is 10.2 Å². The molecule has 0 fully saturated rings. The summed E-state index contributed by atoms with van der Waals surface area (Å²) in [5, 5.41) is 3.18. The summed E-state index contributed by atoms with van der Waals surface area (Å²) >= 11 is 6.41. The average molecular weight is 511 g/mol. The van der Waals surface area contributed by atoms with Gasteiger partial charge in [-0.25, -0.2) is 0 Å². The molecule has 0 saturated heterocycles. The number of methoxy groups -OCH3 is 2. The van der Waals surface area contributed by atoms with Crippen LogP contribution in [0.25, 0.3) is 0 Å². The maximum atomic E-state index is 13.9. The first kappa shape index (κ1) is 25.5. The molecule has 0 aromatic heterocycles. The molecule has 0 saturated carbocycles. The first-order valence-electron chi connectivity index (χ1n) is 11.3.